The molecular formula is C9H10N4S. The van der Waals surface area contributed by atoms with E-state index in [0.717, 1.165) is 6.54 Å². The van der Waals surface area contributed by atoms with Crippen molar-refractivity contribution in [1.29, 1.82) is 0 Å². The quantitative estimate of drug-likeness (QED) is 0.322. The second-order valence-corrected chi connectivity index (χ2v) is 4.10. The van der Waals surface area contributed by atoms with Crippen molar-refractivity contribution in [1.82, 2.24) is 0 Å². The number of hydrogen-bond acceptors (Lipinski definition) is 3. The lowest BCUT2D eigenvalue weighted by Crippen LogP contribution is -2.07. The SMILES string of the molecule is [N-]=[N+]=Nc1ccc(N2CCCS2)cc1. The molecule has 1 aliphatic heterocycles. The first-order valence-electron chi connectivity index (χ1n) is 4.46. The van der Waals surface area contributed by atoms with Crippen LogP contribution < -0.4 is 4.31 Å². The van der Waals surface area contributed by atoms with Crippen molar-refractivity contribution in [2.45, 2.75) is 6.42 Å². The van der Waals surface area contributed by atoms with Gasteiger partial charge in [-0.25, -0.2) is 0 Å². The predicted molar refractivity (Wildman–Crippen MR) is 59.7 cm³/mol. The first-order valence-corrected chi connectivity index (χ1v) is 5.40. The van der Waals surface area contributed by atoms with Gasteiger partial charge in [0.15, 0.2) is 0 Å². The molecule has 1 aromatic rings. The molecule has 1 fully saturated rings. The molecule has 0 radical (unpaired) electrons. The Labute approximate surface area is 86.7 Å². The summed E-state index contributed by atoms with van der Waals surface area (Å²) in [5, 5.41) is 3.53. The Balaban J connectivity index is 2.16. The van der Waals surface area contributed by atoms with Gasteiger partial charge in [0, 0.05) is 28.6 Å². The lowest BCUT2D eigenvalue weighted by molar-refractivity contribution is 0.989. The third-order valence-corrected chi connectivity index (χ3v) is 3.23. The summed E-state index contributed by atoms with van der Waals surface area (Å²) in [5.74, 6) is 1.19. The molecule has 0 saturated carbocycles. The topological polar surface area (TPSA) is 52.0 Å². The Morgan fingerprint density at radius 2 is 2.14 bits per heavy atom. The van der Waals surface area contributed by atoms with Crippen LogP contribution in [0.3, 0.4) is 0 Å². The van der Waals surface area contributed by atoms with Crippen LogP contribution >= 0.6 is 11.9 Å². The average Bonchev–Trinajstić information content (AvgIpc) is 2.72. The van der Waals surface area contributed by atoms with Gasteiger partial charge in [-0.05, 0) is 36.0 Å². The highest BCUT2D eigenvalue weighted by Gasteiger charge is 2.12. The van der Waals surface area contributed by atoms with E-state index in [-0.39, 0.29) is 0 Å². The first kappa shape index (κ1) is 9.24. The summed E-state index contributed by atoms with van der Waals surface area (Å²) in [5.41, 5.74) is 10.1. The molecule has 0 amide bonds. The van der Waals surface area contributed by atoms with E-state index in [4.69, 9.17) is 5.53 Å². The van der Waals surface area contributed by atoms with Crippen molar-refractivity contribution < 1.29 is 0 Å². The number of nitrogens with zero attached hydrogens (tertiary/aromatic N) is 4. The van der Waals surface area contributed by atoms with Crippen LogP contribution in [0.5, 0.6) is 0 Å². The standard InChI is InChI=1S/C9H10N4S/c10-12-11-8-2-4-9(5-3-8)13-6-1-7-14-13/h2-5H,1,6-7H2. The van der Waals surface area contributed by atoms with Gasteiger partial charge in [0.05, 0.1) is 0 Å². The van der Waals surface area contributed by atoms with E-state index in [9.17, 15) is 0 Å². The summed E-state index contributed by atoms with van der Waals surface area (Å²) in [4.78, 5) is 2.74. The van der Waals surface area contributed by atoms with Crippen molar-refractivity contribution in [2.75, 3.05) is 16.6 Å². The molecular weight excluding hydrogens is 196 g/mol. The molecule has 0 N–H and O–H groups in total. The zero-order chi connectivity index (χ0) is 9.80. The Morgan fingerprint density at radius 1 is 1.36 bits per heavy atom. The maximum Gasteiger partial charge on any atom is 0.0470 e. The fourth-order valence-corrected chi connectivity index (χ4v) is 2.40. The largest absolute Gasteiger partial charge is 0.316 e. The highest BCUT2D eigenvalue weighted by Crippen LogP contribution is 2.29. The van der Waals surface area contributed by atoms with Crippen LogP contribution in [-0.2, 0) is 0 Å². The Hall–Kier alpha value is -1.32. The zero-order valence-corrected chi connectivity index (χ0v) is 8.44. The summed E-state index contributed by atoms with van der Waals surface area (Å²) >= 11 is 1.84. The van der Waals surface area contributed by atoms with E-state index < -0.39 is 0 Å². The molecule has 0 atom stereocenters. The highest BCUT2D eigenvalue weighted by atomic mass is 32.2. The Kier molecular flexibility index (Phi) is 2.81. The van der Waals surface area contributed by atoms with Crippen LogP contribution in [0.25, 0.3) is 10.4 Å². The second-order valence-electron chi connectivity index (χ2n) is 2.99. The Morgan fingerprint density at radius 3 is 2.71 bits per heavy atom. The van der Waals surface area contributed by atoms with Gasteiger partial charge in [-0.1, -0.05) is 17.2 Å². The van der Waals surface area contributed by atoms with Crippen molar-refractivity contribution in [3.05, 3.63) is 34.7 Å². The number of rotatable bonds is 2. The summed E-state index contributed by atoms with van der Waals surface area (Å²) in [6.07, 6.45) is 1.24. The van der Waals surface area contributed by atoms with Crippen LogP contribution in [0.4, 0.5) is 11.4 Å². The number of benzene rings is 1. The van der Waals surface area contributed by atoms with E-state index in [1.807, 2.05) is 36.2 Å². The van der Waals surface area contributed by atoms with Crippen LogP contribution in [0.15, 0.2) is 29.4 Å². The second kappa shape index (κ2) is 4.26. The maximum atomic E-state index is 8.24. The maximum absolute atomic E-state index is 8.24. The fourth-order valence-electron chi connectivity index (χ4n) is 1.39. The minimum atomic E-state index is 0.667. The van der Waals surface area contributed by atoms with E-state index >= 15 is 0 Å². The molecule has 14 heavy (non-hydrogen) atoms. The first-order chi connectivity index (χ1) is 6.90. The smallest absolute Gasteiger partial charge is 0.0470 e. The fraction of sp³-hybridized carbons (Fsp3) is 0.333. The molecule has 0 unspecified atom stereocenters. The van der Waals surface area contributed by atoms with Gasteiger partial charge in [0.2, 0.25) is 0 Å². The van der Waals surface area contributed by atoms with Crippen molar-refractivity contribution in [2.24, 2.45) is 5.11 Å². The van der Waals surface area contributed by atoms with Gasteiger partial charge >= 0.3 is 0 Å². The number of azide groups is 1. The van der Waals surface area contributed by atoms with Crippen LogP contribution in [0.2, 0.25) is 0 Å². The minimum Gasteiger partial charge on any atom is -0.316 e. The molecule has 2 rings (SSSR count). The minimum absolute atomic E-state index is 0.667. The predicted octanol–water partition coefficient (Wildman–Crippen LogP) is 3.49. The number of hydrogen-bond donors (Lipinski definition) is 0. The van der Waals surface area contributed by atoms with Gasteiger partial charge in [-0.2, -0.15) is 0 Å². The molecule has 1 aromatic carbocycles. The third-order valence-electron chi connectivity index (χ3n) is 2.05. The molecule has 0 spiro atoms. The van der Waals surface area contributed by atoms with Crippen molar-refractivity contribution >= 4 is 23.3 Å². The van der Waals surface area contributed by atoms with Gasteiger partial charge in [-0.3, -0.25) is 0 Å². The van der Waals surface area contributed by atoms with Crippen LogP contribution in [0, 0.1) is 0 Å². The van der Waals surface area contributed by atoms with Gasteiger partial charge in [0.25, 0.3) is 0 Å². The molecule has 0 aliphatic carbocycles. The Bertz CT molecular complexity index is 350. The zero-order valence-electron chi connectivity index (χ0n) is 7.63. The molecule has 1 saturated heterocycles. The average molecular weight is 206 g/mol. The van der Waals surface area contributed by atoms with Gasteiger partial charge in [-0.15, -0.1) is 0 Å². The molecule has 4 nitrogen and oxygen atoms in total. The van der Waals surface area contributed by atoms with Gasteiger partial charge in [0.1, 0.15) is 0 Å². The number of anilines is 1. The van der Waals surface area contributed by atoms with E-state index in [2.05, 4.69) is 14.3 Å². The highest BCUT2D eigenvalue weighted by molar-refractivity contribution is 8.00. The van der Waals surface area contributed by atoms with Crippen LogP contribution in [0.1, 0.15) is 6.42 Å². The summed E-state index contributed by atoms with van der Waals surface area (Å²) in [7, 11) is 0. The van der Waals surface area contributed by atoms with Crippen molar-refractivity contribution in [3.63, 3.8) is 0 Å². The lowest BCUT2D eigenvalue weighted by atomic mass is 10.3. The summed E-state index contributed by atoms with van der Waals surface area (Å²) < 4.78 is 2.26. The summed E-state index contributed by atoms with van der Waals surface area (Å²) in [6, 6.07) is 7.66. The van der Waals surface area contributed by atoms with E-state index in [1.54, 1.807) is 0 Å². The molecule has 72 valence electrons. The molecule has 0 aromatic heterocycles. The molecule has 1 aliphatic rings. The van der Waals surface area contributed by atoms with Gasteiger partial charge < -0.3 is 4.31 Å². The van der Waals surface area contributed by atoms with E-state index in [1.165, 1.54) is 17.9 Å². The molecule has 0 bridgehead atoms. The normalized spacial score (nSPS) is 15.3. The molecule has 5 heteroatoms. The third kappa shape index (κ3) is 1.95. The summed E-state index contributed by atoms with van der Waals surface area (Å²) in [6.45, 7) is 1.10. The monoisotopic (exact) mass is 206 g/mol. The molecule has 1 heterocycles. The van der Waals surface area contributed by atoms with Crippen molar-refractivity contribution in [3.8, 4) is 0 Å². The lowest BCUT2D eigenvalue weighted by Gasteiger charge is -2.15. The van der Waals surface area contributed by atoms with Crippen LogP contribution in [-0.4, -0.2) is 12.3 Å². The van der Waals surface area contributed by atoms with E-state index in [0.29, 0.717) is 5.69 Å².